The van der Waals surface area contributed by atoms with Crippen LogP contribution in [0.2, 0.25) is 0 Å². The lowest BCUT2D eigenvalue weighted by Crippen LogP contribution is -2.35. The van der Waals surface area contributed by atoms with Gasteiger partial charge in [-0.05, 0) is 30.6 Å². The Kier molecular flexibility index (Phi) is 2.69. The molecule has 1 nitrogen and oxygen atoms in total. The van der Waals surface area contributed by atoms with Crippen molar-refractivity contribution in [3.63, 3.8) is 0 Å². The molecular formula is C11H20O. The maximum Gasteiger partial charge on any atom is 0.0497 e. The fourth-order valence-corrected chi connectivity index (χ4v) is 3.09. The summed E-state index contributed by atoms with van der Waals surface area (Å²) in [6, 6.07) is 0. The topological polar surface area (TPSA) is 9.23 Å². The van der Waals surface area contributed by atoms with E-state index >= 15 is 0 Å². The van der Waals surface area contributed by atoms with E-state index in [-0.39, 0.29) is 0 Å². The molecule has 0 aromatic rings. The number of hydrogen-bond donors (Lipinski definition) is 0. The lowest BCUT2D eigenvalue weighted by atomic mass is 9.69. The first kappa shape index (κ1) is 8.55. The highest BCUT2D eigenvalue weighted by atomic mass is 16.5. The van der Waals surface area contributed by atoms with Gasteiger partial charge in [0.25, 0.3) is 0 Å². The first-order valence-corrected chi connectivity index (χ1v) is 5.49. The number of hydrogen-bond acceptors (Lipinski definition) is 1. The first-order valence-electron chi connectivity index (χ1n) is 5.49. The second-order valence-corrected chi connectivity index (χ2v) is 4.39. The van der Waals surface area contributed by atoms with Crippen molar-refractivity contribution in [1.82, 2.24) is 0 Å². The van der Waals surface area contributed by atoms with Crippen molar-refractivity contribution in [1.29, 1.82) is 0 Å². The largest absolute Gasteiger partial charge is 0.381 e. The van der Waals surface area contributed by atoms with E-state index in [0.29, 0.717) is 0 Å². The van der Waals surface area contributed by atoms with Crippen molar-refractivity contribution < 1.29 is 4.74 Å². The molecule has 0 aromatic carbocycles. The Morgan fingerprint density at radius 3 is 3.00 bits per heavy atom. The lowest BCUT2D eigenvalue weighted by Gasteiger charge is -2.40. The molecule has 1 aliphatic carbocycles. The monoisotopic (exact) mass is 168 g/mol. The van der Waals surface area contributed by atoms with Crippen LogP contribution >= 0.6 is 0 Å². The molecule has 1 heterocycles. The molecule has 3 atom stereocenters. The second-order valence-electron chi connectivity index (χ2n) is 4.39. The smallest absolute Gasteiger partial charge is 0.0497 e. The van der Waals surface area contributed by atoms with Crippen molar-refractivity contribution in [3.8, 4) is 0 Å². The van der Waals surface area contributed by atoms with E-state index < -0.39 is 0 Å². The molecule has 1 heteroatoms. The van der Waals surface area contributed by atoms with Gasteiger partial charge < -0.3 is 4.74 Å². The molecule has 0 radical (unpaired) electrons. The van der Waals surface area contributed by atoms with Crippen LogP contribution in [0.1, 0.15) is 39.0 Å². The molecule has 0 aromatic heterocycles. The van der Waals surface area contributed by atoms with Crippen LogP contribution in [0.5, 0.6) is 0 Å². The van der Waals surface area contributed by atoms with Gasteiger partial charge in [0.15, 0.2) is 0 Å². The average molecular weight is 168 g/mol. The average Bonchev–Trinajstić information content (AvgIpc) is 2.17. The van der Waals surface area contributed by atoms with Crippen LogP contribution < -0.4 is 0 Å². The van der Waals surface area contributed by atoms with Crippen molar-refractivity contribution in [2.45, 2.75) is 39.0 Å². The summed E-state index contributed by atoms with van der Waals surface area (Å²) in [5.74, 6) is 2.95. The minimum Gasteiger partial charge on any atom is -0.381 e. The fourth-order valence-electron chi connectivity index (χ4n) is 3.09. The molecule has 0 spiro atoms. The van der Waals surface area contributed by atoms with Gasteiger partial charge in [0, 0.05) is 13.2 Å². The van der Waals surface area contributed by atoms with Crippen LogP contribution in [-0.2, 0) is 4.74 Å². The Balaban J connectivity index is 1.99. The SMILES string of the molecule is CCC1CCCC2COCCC12. The van der Waals surface area contributed by atoms with Crippen LogP contribution in [0.15, 0.2) is 0 Å². The Morgan fingerprint density at radius 2 is 2.17 bits per heavy atom. The molecule has 12 heavy (non-hydrogen) atoms. The molecular weight excluding hydrogens is 148 g/mol. The minimum atomic E-state index is 0.914. The highest BCUT2D eigenvalue weighted by Crippen LogP contribution is 2.40. The van der Waals surface area contributed by atoms with E-state index in [9.17, 15) is 0 Å². The van der Waals surface area contributed by atoms with Crippen LogP contribution in [0.3, 0.4) is 0 Å². The van der Waals surface area contributed by atoms with Gasteiger partial charge in [-0.25, -0.2) is 0 Å². The van der Waals surface area contributed by atoms with E-state index in [4.69, 9.17) is 4.74 Å². The third-order valence-corrected chi connectivity index (χ3v) is 3.81. The van der Waals surface area contributed by atoms with Crippen molar-refractivity contribution in [2.24, 2.45) is 17.8 Å². The summed E-state index contributed by atoms with van der Waals surface area (Å²) >= 11 is 0. The highest BCUT2D eigenvalue weighted by Gasteiger charge is 2.34. The highest BCUT2D eigenvalue weighted by molar-refractivity contribution is 4.83. The zero-order chi connectivity index (χ0) is 8.39. The Labute approximate surface area is 75.5 Å². The van der Waals surface area contributed by atoms with Crippen molar-refractivity contribution >= 4 is 0 Å². The standard InChI is InChI=1S/C11H20O/c1-2-9-4-3-5-10-8-12-7-6-11(9)10/h9-11H,2-8H2,1H3. The summed E-state index contributed by atoms with van der Waals surface area (Å²) in [6.07, 6.45) is 7.09. The molecule has 2 fully saturated rings. The quantitative estimate of drug-likeness (QED) is 0.585. The predicted octanol–water partition coefficient (Wildman–Crippen LogP) is 2.85. The molecule has 1 aliphatic heterocycles. The van der Waals surface area contributed by atoms with Gasteiger partial charge in [-0.3, -0.25) is 0 Å². The van der Waals surface area contributed by atoms with Gasteiger partial charge in [0.2, 0.25) is 0 Å². The van der Waals surface area contributed by atoms with E-state index in [1.807, 2.05) is 0 Å². The zero-order valence-corrected chi connectivity index (χ0v) is 8.09. The van der Waals surface area contributed by atoms with Crippen LogP contribution in [0.4, 0.5) is 0 Å². The van der Waals surface area contributed by atoms with E-state index in [2.05, 4.69) is 6.92 Å². The summed E-state index contributed by atoms with van der Waals surface area (Å²) < 4.78 is 5.53. The van der Waals surface area contributed by atoms with Crippen LogP contribution in [0, 0.1) is 17.8 Å². The molecule has 0 amide bonds. The number of ether oxygens (including phenoxy) is 1. The van der Waals surface area contributed by atoms with E-state index in [1.54, 1.807) is 0 Å². The fraction of sp³-hybridized carbons (Fsp3) is 1.00. The van der Waals surface area contributed by atoms with Gasteiger partial charge >= 0.3 is 0 Å². The Morgan fingerprint density at radius 1 is 1.25 bits per heavy atom. The molecule has 2 rings (SSSR count). The maximum absolute atomic E-state index is 5.53. The molecule has 1 saturated heterocycles. The summed E-state index contributed by atoms with van der Waals surface area (Å²) in [7, 11) is 0. The Hall–Kier alpha value is -0.0400. The summed E-state index contributed by atoms with van der Waals surface area (Å²) in [5, 5.41) is 0. The van der Waals surface area contributed by atoms with E-state index in [0.717, 1.165) is 31.0 Å². The molecule has 0 N–H and O–H groups in total. The number of rotatable bonds is 1. The first-order chi connectivity index (χ1) is 5.92. The number of fused-ring (bicyclic) bond motifs is 1. The van der Waals surface area contributed by atoms with Crippen molar-refractivity contribution in [2.75, 3.05) is 13.2 Å². The van der Waals surface area contributed by atoms with Crippen molar-refractivity contribution in [3.05, 3.63) is 0 Å². The van der Waals surface area contributed by atoms with Gasteiger partial charge in [0.05, 0.1) is 0 Å². The van der Waals surface area contributed by atoms with Gasteiger partial charge in [-0.1, -0.05) is 26.2 Å². The van der Waals surface area contributed by atoms with Gasteiger partial charge in [-0.2, -0.15) is 0 Å². The third-order valence-electron chi connectivity index (χ3n) is 3.81. The second kappa shape index (κ2) is 3.78. The molecule has 2 aliphatic rings. The molecule has 70 valence electrons. The molecule has 0 bridgehead atoms. The predicted molar refractivity (Wildman–Crippen MR) is 50.0 cm³/mol. The third kappa shape index (κ3) is 1.52. The lowest BCUT2D eigenvalue weighted by molar-refractivity contribution is -0.0263. The minimum absolute atomic E-state index is 0.914. The summed E-state index contributed by atoms with van der Waals surface area (Å²) in [6.45, 7) is 4.43. The van der Waals surface area contributed by atoms with E-state index in [1.165, 1.54) is 32.1 Å². The Bertz CT molecular complexity index is 135. The van der Waals surface area contributed by atoms with Crippen LogP contribution in [0.25, 0.3) is 0 Å². The van der Waals surface area contributed by atoms with Gasteiger partial charge in [0.1, 0.15) is 0 Å². The zero-order valence-electron chi connectivity index (χ0n) is 8.09. The normalized spacial score (nSPS) is 42.2. The summed E-state index contributed by atoms with van der Waals surface area (Å²) in [4.78, 5) is 0. The summed E-state index contributed by atoms with van der Waals surface area (Å²) in [5.41, 5.74) is 0. The molecule has 3 unspecified atom stereocenters. The van der Waals surface area contributed by atoms with Crippen LogP contribution in [-0.4, -0.2) is 13.2 Å². The van der Waals surface area contributed by atoms with Gasteiger partial charge in [-0.15, -0.1) is 0 Å². The molecule has 1 saturated carbocycles. The maximum atomic E-state index is 5.53.